The number of benzene rings is 2. The van der Waals surface area contributed by atoms with Gasteiger partial charge in [0.25, 0.3) is 5.91 Å². The fraction of sp³-hybridized carbons (Fsp3) is 0.222. The Hall–Kier alpha value is -2.71. The summed E-state index contributed by atoms with van der Waals surface area (Å²) in [6, 6.07) is 10.6. The minimum Gasteiger partial charge on any atom is -0.462 e. The van der Waals surface area contributed by atoms with E-state index in [4.69, 9.17) is 4.74 Å². The lowest BCUT2D eigenvalue weighted by Gasteiger charge is -2.12. The molecule has 2 aromatic rings. The predicted molar refractivity (Wildman–Crippen MR) is 97.8 cm³/mol. The Bertz CT molecular complexity index is 938. The van der Waals surface area contributed by atoms with E-state index in [-0.39, 0.29) is 17.1 Å². The molecule has 138 valence electrons. The van der Waals surface area contributed by atoms with Gasteiger partial charge in [0.2, 0.25) is 10.0 Å². The number of esters is 1. The molecule has 0 aliphatic carbocycles. The molecule has 0 aromatic heterocycles. The normalized spacial score (nSPS) is 11.0. The van der Waals surface area contributed by atoms with Gasteiger partial charge in [-0.25, -0.2) is 17.9 Å². The highest BCUT2D eigenvalue weighted by molar-refractivity contribution is 7.89. The molecule has 2 rings (SSSR count). The topological polar surface area (TPSA) is 102 Å². The third-order valence-corrected chi connectivity index (χ3v) is 5.16. The first-order valence-electron chi connectivity index (χ1n) is 7.92. The summed E-state index contributed by atoms with van der Waals surface area (Å²) in [5.41, 5.74) is 1.55. The monoisotopic (exact) mass is 376 g/mol. The summed E-state index contributed by atoms with van der Waals surface area (Å²) >= 11 is 0. The van der Waals surface area contributed by atoms with Crippen molar-refractivity contribution in [3.63, 3.8) is 0 Å². The van der Waals surface area contributed by atoms with Crippen LogP contribution in [0.4, 0.5) is 5.69 Å². The van der Waals surface area contributed by atoms with E-state index in [1.54, 1.807) is 32.0 Å². The van der Waals surface area contributed by atoms with Crippen molar-refractivity contribution in [2.24, 2.45) is 0 Å². The average Bonchev–Trinajstić information content (AvgIpc) is 2.63. The average molecular weight is 376 g/mol. The van der Waals surface area contributed by atoms with Gasteiger partial charge in [-0.15, -0.1) is 0 Å². The fourth-order valence-electron chi connectivity index (χ4n) is 2.32. The largest absolute Gasteiger partial charge is 0.462 e. The molecule has 26 heavy (non-hydrogen) atoms. The zero-order valence-electron chi connectivity index (χ0n) is 14.7. The number of sulfonamides is 1. The Balaban J connectivity index is 2.30. The van der Waals surface area contributed by atoms with Gasteiger partial charge in [-0.1, -0.05) is 12.1 Å². The van der Waals surface area contributed by atoms with E-state index in [9.17, 15) is 18.0 Å². The minimum atomic E-state index is -3.65. The molecule has 2 aromatic carbocycles. The van der Waals surface area contributed by atoms with Gasteiger partial charge in [0.1, 0.15) is 0 Å². The Labute approximate surface area is 152 Å². The summed E-state index contributed by atoms with van der Waals surface area (Å²) in [6.07, 6.45) is 0. The summed E-state index contributed by atoms with van der Waals surface area (Å²) in [5.74, 6) is -0.953. The van der Waals surface area contributed by atoms with Crippen molar-refractivity contribution in [1.82, 2.24) is 4.72 Å². The maximum Gasteiger partial charge on any atom is 0.338 e. The van der Waals surface area contributed by atoms with Gasteiger partial charge in [0, 0.05) is 11.3 Å². The zero-order chi connectivity index (χ0) is 19.3. The molecular weight excluding hydrogens is 356 g/mol. The van der Waals surface area contributed by atoms with Crippen LogP contribution in [0.25, 0.3) is 0 Å². The van der Waals surface area contributed by atoms with E-state index in [0.29, 0.717) is 16.8 Å². The van der Waals surface area contributed by atoms with Crippen LogP contribution in [-0.4, -0.2) is 33.9 Å². The van der Waals surface area contributed by atoms with Crippen LogP contribution < -0.4 is 10.0 Å². The van der Waals surface area contributed by atoms with Crippen LogP contribution >= 0.6 is 0 Å². The number of nitrogens with one attached hydrogen (secondary N) is 2. The summed E-state index contributed by atoms with van der Waals surface area (Å²) in [7, 11) is -2.35. The molecule has 0 radical (unpaired) electrons. The first-order chi connectivity index (χ1) is 12.3. The Kier molecular flexibility index (Phi) is 6.12. The maximum atomic E-state index is 12.5. The van der Waals surface area contributed by atoms with Crippen LogP contribution in [0.3, 0.4) is 0 Å². The zero-order valence-corrected chi connectivity index (χ0v) is 15.5. The van der Waals surface area contributed by atoms with E-state index in [1.807, 2.05) is 0 Å². The standard InChI is InChI=1S/C18H20N2O5S/c1-4-25-18(22)15-9-6-10-16(12(15)2)20-17(21)13-7-5-8-14(11-13)26(23,24)19-3/h5-11,19H,4H2,1-3H3,(H,20,21). The van der Waals surface area contributed by atoms with Gasteiger partial charge in [-0.3, -0.25) is 4.79 Å². The molecule has 0 aliphatic rings. The molecule has 1 amide bonds. The third kappa shape index (κ3) is 4.27. The third-order valence-electron chi connectivity index (χ3n) is 3.75. The van der Waals surface area contributed by atoms with Crippen molar-refractivity contribution >= 4 is 27.6 Å². The van der Waals surface area contributed by atoms with Gasteiger partial charge in [-0.2, -0.15) is 0 Å². The van der Waals surface area contributed by atoms with Crippen molar-refractivity contribution in [3.8, 4) is 0 Å². The molecule has 0 saturated heterocycles. The van der Waals surface area contributed by atoms with Crippen LogP contribution in [0.5, 0.6) is 0 Å². The number of carbonyl (C=O) groups is 2. The van der Waals surface area contributed by atoms with E-state index in [1.165, 1.54) is 31.3 Å². The van der Waals surface area contributed by atoms with Crippen LogP contribution in [-0.2, 0) is 14.8 Å². The molecule has 0 atom stereocenters. The van der Waals surface area contributed by atoms with Crippen molar-refractivity contribution in [1.29, 1.82) is 0 Å². The molecule has 0 heterocycles. The molecular formula is C18H20N2O5S. The van der Waals surface area contributed by atoms with Crippen LogP contribution in [0.15, 0.2) is 47.4 Å². The van der Waals surface area contributed by atoms with Crippen molar-refractivity contribution in [2.75, 3.05) is 19.0 Å². The van der Waals surface area contributed by atoms with Gasteiger partial charge in [-0.05, 0) is 56.8 Å². The van der Waals surface area contributed by atoms with Gasteiger partial charge < -0.3 is 10.1 Å². The van der Waals surface area contributed by atoms with E-state index >= 15 is 0 Å². The molecule has 0 bridgehead atoms. The lowest BCUT2D eigenvalue weighted by atomic mass is 10.1. The van der Waals surface area contributed by atoms with E-state index in [2.05, 4.69) is 10.0 Å². The lowest BCUT2D eigenvalue weighted by molar-refractivity contribution is 0.0525. The Morgan fingerprint density at radius 2 is 1.81 bits per heavy atom. The number of rotatable bonds is 6. The molecule has 0 unspecified atom stereocenters. The lowest BCUT2D eigenvalue weighted by Crippen LogP contribution is -2.20. The maximum absolute atomic E-state index is 12.5. The van der Waals surface area contributed by atoms with Crippen molar-refractivity contribution in [2.45, 2.75) is 18.7 Å². The molecule has 0 spiro atoms. The minimum absolute atomic E-state index is 0.00959. The SMILES string of the molecule is CCOC(=O)c1cccc(NC(=O)c2cccc(S(=O)(=O)NC)c2)c1C. The summed E-state index contributed by atoms with van der Waals surface area (Å²) in [6.45, 7) is 3.66. The number of hydrogen-bond donors (Lipinski definition) is 2. The van der Waals surface area contributed by atoms with Crippen molar-refractivity contribution < 1.29 is 22.7 Å². The van der Waals surface area contributed by atoms with Gasteiger partial charge in [0.15, 0.2) is 0 Å². The predicted octanol–water partition coefficient (Wildman–Crippen LogP) is 2.33. The van der Waals surface area contributed by atoms with Crippen molar-refractivity contribution in [3.05, 3.63) is 59.2 Å². The molecule has 8 heteroatoms. The van der Waals surface area contributed by atoms with Crippen LogP contribution in [0.1, 0.15) is 33.2 Å². The highest BCUT2D eigenvalue weighted by Gasteiger charge is 2.17. The smallest absolute Gasteiger partial charge is 0.338 e. The quantitative estimate of drug-likeness (QED) is 0.754. The fourth-order valence-corrected chi connectivity index (χ4v) is 3.09. The number of ether oxygens (including phenoxy) is 1. The second-order valence-electron chi connectivity index (χ2n) is 5.39. The van der Waals surface area contributed by atoms with E-state index in [0.717, 1.165) is 0 Å². The summed E-state index contributed by atoms with van der Waals surface area (Å²) < 4.78 is 30.9. The van der Waals surface area contributed by atoms with Crippen LogP contribution in [0, 0.1) is 6.92 Å². The first-order valence-corrected chi connectivity index (χ1v) is 9.40. The van der Waals surface area contributed by atoms with E-state index < -0.39 is 21.9 Å². The summed E-state index contributed by atoms with van der Waals surface area (Å²) in [5, 5.41) is 2.70. The molecule has 0 saturated carbocycles. The molecule has 7 nitrogen and oxygen atoms in total. The Morgan fingerprint density at radius 1 is 1.12 bits per heavy atom. The Morgan fingerprint density at radius 3 is 2.46 bits per heavy atom. The summed E-state index contributed by atoms with van der Waals surface area (Å²) in [4.78, 5) is 24.4. The van der Waals surface area contributed by atoms with Gasteiger partial charge >= 0.3 is 5.97 Å². The van der Waals surface area contributed by atoms with Crippen LogP contribution in [0.2, 0.25) is 0 Å². The second-order valence-corrected chi connectivity index (χ2v) is 7.27. The number of hydrogen-bond acceptors (Lipinski definition) is 5. The second kappa shape index (κ2) is 8.11. The highest BCUT2D eigenvalue weighted by atomic mass is 32.2. The number of anilines is 1. The first kappa shape index (κ1) is 19.6. The molecule has 2 N–H and O–H groups in total. The number of carbonyl (C=O) groups excluding carboxylic acids is 2. The molecule has 0 fully saturated rings. The van der Waals surface area contributed by atoms with Gasteiger partial charge in [0.05, 0.1) is 17.1 Å². The highest BCUT2D eigenvalue weighted by Crippen LogP contribution is 2.21. The molecule has 0 aliphatic heterocycles. The number of amides is 1.